The summed E-state index contributed by atoms with van der Waals surface area (Å²) in [5, 5.41) is 5.43. The molecular weight excluding hydrogens is 218 g/mol. The van der Waals surface area contributed by atoms with Gasteiger partial charge in [-0.3, -0.25) is 9.59 Å². The highest BCUT2D eigenvalue weighted by Crippen LogP contribution is 2.16. The molecule has 0 fully saturated rings. The van der Waals surface area contributed by atoms with Gasteiger partial charge in [0.1, 0.15) is 6.04 Å². The third kappa shape index (κ3) is 4.19. The fourth-order valence-corrected chi connectivity index (χ4v) is 1.71. The minimum Gasteiger partial charge on any atom is -0.354 e. The molecule has 0 spiro atoms. The Kier molecular flexibility index (Phi) is 5.15. The molecule has 96 valence electrons. The van der Waals surface area contributed by atoms with E-state index in [0.29, 0.717) is 13.0 Å². The van der Waals surface area contributed by atoms with Gasteiger partial charge in [0.15, 0.2) is 0 Å². The van der Waals surface area contributed by atoms with Crippen molar-refractivity contribution in [2.24, 2.45) is 11.7 Å². The fourth-order valence-electron chi connectivity index (χ4n) is 1.71. The largest absolute Gasteiger partial charge is 0.354 e. The quantitative estimate of drug-likeness (QED) is 0.587. The maximum Gasteiger partial charge on any atom is 0.242 e. The van der Waals surface area contributed by atoms with Crippen LogP contribution in [0.1, 0.15) is 26.7 Å². The van der Waals surface area contributed by atoms with Crippen molar-refractivity contribution in [3.8, 4) is 0 Å². The maximum absolute atomic E-state index is 11.8. The lowest BCUT2D eigenvalue weighted by Gasteiger charge is -2.16. The molecule has 0 radical (unpaired) electrons. The average molecular weight is 239 g/mol. The van der Waals surface area contributed by atoms with E-state index in [9.17, 15) is 9.59 Å². The summed E-state index contributed by atoms with van der Waals surface area (Å²) in [6.45, 7) is 4.29. The monoisotopic (exact) mass is 239 g/mol. The van der Waals surface area contributed by atoms with Crippen LogP contribution >= 0.6 is 0 Å². The molecule has 5 heteroatoms. The molecule has 0 aromatic heterocycles. The summed E-state index contributed by atoms with van der Waals surface area (Å²) in [5.41, 5.74) is 5.67. The minimum atomic E-state index is -0.501. The van der Waals surface area contributed by atoms with Gasteiger partial charge in [0.25, 0.3) is 0 Å². The van der Waals surface area contributed by atoms with Crippen molar-refractivity contribution < 1.29 is 9.59 Å². The normalized spacial score (nSPS) is 24.4. The van der Waals surface area contributed by atoms with E-state index in [4.69, 9.17) is 5.73 Å². The van der Waals surface area contributed by atoms with Crippen molar-refractivity contribution in [3.05, 3.63) is 12.2 Å². The lowest BCUT2D eigenvalue weighted by atomic mass is 10.1. The van der Waals surface area contributed by atoms with Crippen LogP contribution in [0.15, 0.2) is 12.2 Å². The Morgan fingerprint density at radius 3 is 2.71 bits per heavy atom. The van der Waals surface area contributed by atoms with Crippen LogP contribution in [0.25, 0.3) is 0 Å². The molecular formula is C12H21N3O2. The van der Waals surface area contributed by atoms with Crippen LogP contribution in [-0.2, 0) is 9.59 Å². The van der Waals surface area contributed by atoms with Gasteiger partial charge in [-0.15, -0.1) is 0 Å². The number of nitrogens with one attached hydrogen (secondary N) is 2. The Balaban J connectivity index is 2.35. The first-order valence-electron chi connectivity index (χ1n) is 6.06. The molecule has 0 aromatic rings. The van der Waals surface area contributed by atoms with Crippen molar-refractivity contribution in [2.45, 2.75) is 38.8 Å². The first kappa shape index (κ1) is 13.7. The summed E-state index contributed by atoms with van der Waals surface area (Å²) >= 11 is 0. The lowest BCUT2D eigenvalue weighted by molar-refractivity contribution is -0.129. The molecule has 0 bridgehead atoms. The van der Waals surface area contributed by atoms with Crippen molar-refractivity contribution in [3.63, 3.8) is 0 Å². The second kappa shape index (κ2) is 6.39. The third-order valence-electron chi connectivity index (χ3n) is 2.75. The summed E-state index contributed by atoms with van der Waals surface area (Å²) in [6, 6.07) is -0.547. The van der Waals surface area contributed by atoms with E-state index in [2.05, 4.69) is 10.6 Å². The van der Waals surface area contributed by atoms with E-state index in [-0.39, 0.29) is 23.8 Å². The lowest BCUT2D eigenvalue weighted by Crippen LogP contribution is -2.46. The molecule has 3 unspecified atom stereocenters. The van der Waals surface area contributed by atoms with Crippen LogP contribution in [0.5, 0.6) is 0 Å². The predicted molar refractivity (Wildman–Crippen MR) is 66.1 cm³/mol. The summed E-state index contributed by atoms with van der Waals surface area (Å²) < 4.78 is 0. The number of carbonyl (C=O) groups excluding carboxylic acids is 2. The zero-order chi connectivity index (χ0) is 12.8. The Morgan fingerprint density at radius 1 is 1.47 bits per heavy atom. The molecule has 0 saturated carbocycles. The zero-order valence-corrected chi connectivity index (χ0v) is 10.4. The molecule has 2 amide bonds. The third-order valence-corrected chi connectivity index (χ3v) is 2.75. The highest BCUT2D eigenvalue weighted by Gasteiger charge is 2.25. The molecule has 0 aromatic carbocycles. The Morgan fingerprint density at radius 2 is 2.18 bits per heavy atom. The van der Waals surface area contributed by atoms with E-state index in [1.807, 2.05) is 13.0 Å². The van der Waals surface area contributed by atoms with Crippen molar-refractivity contribution in [1.82, 2.24) is 10.6 Å². The molecule has 4 N–H and O–H groups in total. The molecule has 3 atom stereocenters. The van der Waals surface area contributed by atoms with E-state index in [1.165, 1.54) is 0 Å². The topological polar surface area (TPSA) is 84.2 Å². The fraction of sp³-hybridized carbons (Fsp3) is 0.667. The van der Waals surface area contributed by atoms with Crippen LogP contribution in [0, 0.1) is 5.92 Å². The first-order valence-corrected chi connectivity index (χ1v) is 6.06. The van der Waals surface area contributed by atoms with Gasteiger partial charge < -0.3 is 16.4 Å². The number of hydrogen-bond acceptors (Lipinski definition) is 3. The van der Waals surface area contributed by atoms with Gasteiger partial charge >= 0.3 is 0 Å². The van der Waals surface area contributed by atoms with Gasteiger partial charge in [-0.05, 0) is 19.8 Å². The second-order valence-corrected chi connectivity index (χ2v) is 4.41. The molecule has 17 heavy (non-hydrogen) atoms. The Bertz CT molecular complexity index is 315. The molecule has 0 saturated heterocycles. The van der Waals surface area contributed by atoms with Crippen molar-refractivity contribution in [1.29, 1.82) is 0 Å². The smallest absolute Gasteiger partial charge is 0.242 e. The summed E-state index contributed by atoms with van der Waals surface area (Å²) in [4.78, 5) is 23.3. The first-order chi connectivity index (χ1) is 8.04. The van der Waals surface area contributed by atoms with Crippen molar-refractivity contribution >= 4 is 11.8 Å². The van der Waals surface area contributed by atoms with Gasteiger partial charge in [0.05, 0.1) is 5.92 Å². The predicted octanol–water partition coefficient (Wildman–Crippen LogP) is -0.0793. The zero-order valence-electron chi connectivity index (χ0n) is 10.4. The molecule has 1 aliphatic rings. The minimum absolute atomic E-state index is 0.0463. The van der Waals surface area contributed by atoms with Crippen LogP contribution in [0.3, 0.4) is 0 Å². The summed E-state index contributed by atoms with van der Waals surface area (Å²) in [5.74, 6) is -0.480. The van der Waals surface area contributed by atoms with E-state index in [1.54, 1.807) is 13.0 Å². The Hall–Kier alpha value is -1.36. The number of rotatable bonds is 5. The van der Waals surface area contributed by atoms with Gasteiger partial charge in [-0.2, -0.15) is 0 Å². The number of hydrogen-bond donors (Lipinski definition) is 3. The molecule has 1 rings (SSSR count). The summed E-state index contributed by atoms with van der Waals surface area (Å²) in [7, 11) is 0. The van der Waals surface area contributed by atoms with Crippen molar-refractivity contribution in [2.75, 3.05) is 6.54 Å². The number of carbonyl (C=O) groups is 2. The highest BCUT2D eigenvalue weighted by atomic mass is 16.2. The van der Waals surface area contributed by atoms with E-state index >= 15 is 0 Å². The van der Waals surface area contributed by atoms with Gasteiger partial charge in [-0.25, -0.2) is 0 Å². The van der Waals surface area contributed by atoms with Crippen LogP contribution < -0.4 is 16.4 Å². The number of nitrogens with two attached hydrogens (primary N) is 1. The molecule has 0 aliphatic heterocycles. The average Bonchev–Trinajstić information content (AvgIpc) is 2.72. The maximum atomic E-state index is 11.8. The second-order valence-electron chi connectivity index (χ2n) is 4.41. The van der Waals surface area contributed by atoms with Crippen LogP contribution in [-0.4, -0.2) is 30.4 Å². The highest BCUT2D eigenvalue weighted by molar-refractivity contribution is 5.89. The molecule has 5 nitrogen and oxygen atoms in total. The number of amides is 2. The molecule has 1 aliphatic carbocycles. The standard InChI is InChI=1S/C12H21N3O2/c1-3-6-14-11(16)8(2)15-12(17)9-4-5-10(13)7-9/h4-5,8-10H,3,6-7,13H2,1-2H3,(H,14,16)(H,15,17). The van der Waals surface area contributed by atoms with E-state index in [0.717, 1.165) is 6.42 Å². The van der Waals surface area contributed by atoms with Gasteiger partial charge in [0, 0.05) is 12.6 Å². The van der Waals surface area contributed by atoms with E-state index < -0.39 is 6.04 Å². The van der Waals surface area contributed by atoms with Crippen LogP contribution in [0.4, 0.5) is 0 Å². The van der Waals surface area contributed by atoms with Crippen LogP contribution in [0.2, 0.25) is 0 Å². The SMILES string of the molecule is CCCNC(=O)C(C)NC(=O)C1C=CC(N)C1. The Labute approximate surface area is 102 Å². The summed E-state index contributed by atoms with van der Waals surface area (Å²) in [6.07, 6.45) is 5.13. The van der Waals surface area contributed by atoms with Gasteiger partial charge in [0.2, 0.25) is 11.8 Å². The molecule has 0 heterocycles. The van der Waals surface area contributed by atoms with Gasteiger partial charge in [-0.1, -0.05) is 19.1 Å².